The predicted octanol–water partition coefficient (Wildman–Crippen LogP) is 2.94. The fraction of sp³-hybridized carbons (Fsp3) is 0.368. The summed E-state index contributed by atoms with van der Waals surface area (Å²) in [6, 6.07) is 9.71. The van der Waals surface area contributed by atoms with Gasteiger partial charge in [0.2, 0.25) is 0 Å². The van der Waals surface area contributed by atoms with Gasteiger partial charge in [-0.3, -0.25) is 4.79 Å². The molecular weight excluding hydrogens is 337 g/mol. The second kappa shape index (κ2) is 7.01. The van der Waals surface area contributed by atoms with Crippen LogP contribution >= 0.6 is 0 Å². The van der Waals surface area contributed by atoms with Crippen molar-refractivity contribution in [1.82, 2.24) is 9.88 Å². The Morgan fingerprint density at radius 3 is 2.58 bits per heavy atom. The molecule has 26 heavy (non-hydrogen) atoms. The third kappa shape index (κ3) is 3.27. The minimum Gasteiger partial charge on any atom is -0.347 e. The standard InChI is InChI=1S/C19H20FN3O3/c20-15-5-1-2-6-16(15)22-17-14(4-3-9-21-17)18(24)23-10-7-19(8-11-23)25-12-13-26-19/h1-6,9H,7-8,10-13H2,(H,21,22). The molecule has 3 heterocycles. The van der Waals surface area contributed by atoms with Gasteiger partial charge in [0.25, 0.3) is 5.91 Å². The summed E-state index contributed by atoms with van der Waals surface area (Å²) in [6.07, 6.45) is 2.87. The Morgan fingerprint density at radius 1 is 1.12 bits per heavy atom. The van der Waals surface area contributed by atoms with Crippen LogP contribution in [-0.4, -0.2) is 47.9 Å². The van der Waals surface area contributed by atoms with Gasteiger partial charge in [-0.05, 0) is 24.3 Å². The van der Waals surface area contributed by atoms with Gasteiger partial charge in [0.1, 0.15) is 11.6 Å². The molecule has 1 amide bonds. The van der Waals surface area contributed by atoms with Crippen molar-refractivity contribution < 1.29 is 18.7 Å². The predicted molar refractivity (Wildman–Crippen MR) is 93.7 cm³/mol. The van der Waals surface area contributed by atoms with E-state index in [1.165, 1.54) is 6.07 Å². The molecule has 4 rings (SSSR count). The molecule has 6 nitrogen and oxygen atoms in total. The van der Waals surface area contributed by atoms with Crippen molar-refractivity contribution in [3.8, 4) is 0 Å². The molecule has 136 valence electrons. The zero-order valence-electron chi connectivity index (χ0n) is 14.3. The number of nitrogens with zero attached hydrogens (tertiary/aromatic N) is 2. The van der Waals surface area contributed by atoms with E-state index >= 15 is 0 Å². The van der Waals surface area contributed by atoms with Crippen LogP contribution in [0.15, 0.2) is 42.6 Å². The minimum atomic E-state index is -0.528. The van der Waals surface area contributed by atoms with Crippen LogP contribution < -0.4 is 5.32 Å². The van der Waals surface area contributed by atoms with Gasteiger partial charge in [-0.1, -0.05) is 12.1 Å². The van der Waals surface area contributed by atoms with Crippen molar-refractivity contribution in [3.05, 3.63) is 54.0 Å². The zero-order valence-corrected chi connectivity index (χ0v) is 14.3. The number of para-hydroxylation sites is 1. The topological polar surface area (TPSA) is 63.7 Å². The van der Waals surface area contributed by atoms with Crippen LogP contribution in [0.3, 0.4) is 0 Å². The molecule has 0 unspecified atom stereocenters. The molecule has 1 spiro atoms. The number of pyridine rings is 1. The number of halogens is 1. The van der Waals surface area contributed by atoms with E-state index in [-0.39, 0.29) is 11.6 Å². The molecule has 0 saturated carbocycles. The summed E-state index contributed by atoms with van der Waals surface area (Å²) in [6.45, 7) is 2.31. The molecule has 0 aliphatic carbocycles. The maximum absolute atomic E-state index is 13.9. The summed E-state index contributed by atoms with van der Waals surface area (Å²) in [5.41, 5.74) is 0.700. The van der Waals surface area contributed by atoms with Crippen molar-refractivity contribution >= 4 is 17.4 Å². The van der Waals surface area contributed by atoms with Gasteiger partial charge in [-0.15, -0.1) is 0 Å². The van der Waals surface area contributed by atoms with Crippen molar-refractivity contribution in [1.29, 1.82) is 0 Å². The first-order chi connectivity index (χ1) is 12.7. The van der Waals surface area contributed by atoms with E-state index < -0.39 is 11.6 Å². The molecule has 2 saturated heterocycles. The first-order valence-electron chi connectivity index (χ1n) is 8.71. The highest BCUT2D eigenvalue weighted by atomic mass is 19.1. The molecule has 1 aromatic carbocycles. The number of hydrogen-bond donors (Lipinski definition) is 1. The number of benzene rings is 1. The van der Waals surface area contributed by atoms with Gasteiger partial charge in [0, 0.05) is 32.1 Å². The largest absolute Gasteiger partial charge is 0.347 e. The van der Waals surface area contributed by atoms with Crippen LogP contribution in [0.5, 0.6) is 0 Å². The molecule has 2 aromatic rings. The second-order valence-electron chi connectivity index (χ2n) is 6.40. The van der Waals surface area contributed by atoms with Crippen LogP contribution in [-0.2, 0) is 9.47 Å². The Balaban J connectivity index is 1.51. The monoisotopic (exact) mass is 357 g/mol. The minimum absolute atomic E-state index is 0.134. The number of carbonyl (C=O) groups excluding carboxylic acids is 1. The van der Waals surface area contributed by atoms with E-state index in [1.807, 2.05) is 0 Å². The number of hydrogen-bond acceptors (Lipinski definition) is 5. The van der Waals surface area contributed by atoms with Gasteiger partial charge in [0.15, 0.2) is 5.79 Å². The molecule has 0 atom stereocenters. The van der Waals surface area contributed by atoms with E-state index in [4.69, 9.17) is 9.47 Å². The molecule has 7 heteroatoms. The molecule has 0 radical (unpaired) electrons. The van der Waals surface area contributed by atoms with Crippen LogP contribution in [0.25, 0.3) is 0 Å². The first-order valence-corrected chi connectivity index (χ1v) is 8.71. The van der Waals surface area contributed by atoms with Crippen molar-refractivity contribution in [2.24, 2.45) is 0 Å². The lowest BCUT2D eigenvalue weighted by atomic mass is 10.0. The number of piperidine rings is 1. The Kier molecular flexibility index (Phi) is 4.57. The SMILES string of the molecule is O=C(c1cccnc1Nc1ccccc1F)N1CCC2(CC1)OCCO2. The summed E-state index contributed by atoms with van der Waals surface area (Å²) in [4.78, 5) is 19.0. The lowest BCUT2D eigenvalue weighted by molar-refractivity contribution is -0.181. The van der Waals surface area contributed by atoms with Crippen molar-refractivity contribution in [2.75, 3.05) is 31.6 Å². The number of rotatable bonds is 3. The number of amides is 1. The van der Waals surface area contributed by atoms with Gasteiger partial charge >= 0.3 is 0 Å². The molecule has 2 aliphatic rings. The number of likely N-dealkylation sites (tertiary alicyclic amines) is 1. The van der Waals surface area contributed by atoms with E-state index in [0.717, 1.165) is 0 Å². The number of nitrogens with one attached hydrogen (secondary N) is 1. The molecule has 1 N–H and O–H groups in total. The summed E-state index contributed by atoms with van der Waals surface area (Å²) >= 11 is 0. The number of aromatic nitrogens is 1. The summed E-state index contributed by atoms with van der Waals surface area (Å²) in [5, 5.41) is 2.93. The quantitative estimate of drug-likeness (QED) is 0.915. The summed E-state index contributed by atoms with van der Waals surface area (Å²) in [5.74, 6) is -0.715. The molecule has 2 fully saturated rings. The van der Waals surface area contributed by atoms with Crippen LogP contribution in [0.1, 0.15) is 23.2 Å². The first kappa shape index (κ1) is 16.9. The van der Waals surface area contributed by atoms with Crippen LogP contribution in [0.2, 0.25) is 0 Å². The van der Waals surface area contributed by atoms with Crippen LogP contribution in [0.4, 0.5) is 15.9 Å². The van der Waals surface area contributed by atoms with Crippen LogP contribution in [0, 0.1) is 5.82 Å². The lowest BCUT2D eigenvalue weighted by Gasteiger charge is -2.37. The van der Waals surface area contributed by atoms with Gasteiger partial charge in [-0.25, -0.2) is 9.37 Å². The number of carbonyl (C=O) groups is 1. The Bertz CT molecular complexity index is 798. The fourth-order valence-electron chi connectivity index (χ4n) is 3.37. The lowest BCUT2D eigenvalue weighted by Crippen LogP contribution is -2.47. The highest BCUT2D eigenvalue weighted by Gasteiger charge is 2.41. The van der Waals surface area contributed by atoms with E-state index in [9.17, 15) is 9.18 Å². The number of anilines is 2. The Morgan fingerprint density at radius 2 is 1.85 bits per heavy atom. The third-order valence-corrected chi connectivity index (χ3v) is 4.79. The van der Waals surface area contributed by atoms with Gasteiger partial charge in [0.05, 0.1) is 24.5 Å². The second-order valence-corrected chi connectivity index (χ2v) is 6.40. The molecule has 0 bridgehead atoms. The zero-order chi connectivity index (χ0) is 18.0. The summed E-state index contributed by atoms with van der Waals surface area (Å²) < 4.78 is 25.3. The fourth-order valence-corrected chi connectivity index (χ4v) is 3.37. The third-order valence-electron chi connectivity index (χ3n) is 4.79. The highest BCUT2D eigenvalue weighted by Crippen LogP contribution is 2.32. The maximum atomic E-state index is 13.9. The van der Waals surface area contributed by atoms with Gasteiger partial charge < -0.3 is 19.7 Å². The Hall–Kier alpha value is -2.51. The van der Waals surface area contributed by atoms with Crippen molar-refractivity contribution in [2.45, 2.75) is 18.6 Å². The van der Waals surface area contributed by atoms with E-state index in [2.05, 4.69) is 10.3 Å². The smallest absolute Gasteiger partial charge is 0.257 e. The van der Waals surface area contributed by atoms with E-state index in [0.29, 0.717) is 50.5 Å². The average Bonchev–Trinajstić information content (AvgIpc) is 3.12. The normalized spacial score (nSPS) is 18.9. The van der Waals surface area contributed by atoms with E-state index in [1.54, 1.807) is 41.4 Å². The molecule has 2 aliphatic heterocycles. The molecule has 1 aromatic heterocycles. The highest BCUT2D eigenvalue weighted by molar-refractivity contribution is 5.99. The average molecular weight is 357 g/mol. The maximum Gasteiger partial charge on any atom is 0.257 e. The number of ether oxygens (including phenoxy) is 2. The Labute approximate surface area is 150 Å². The van der Waals surface area contributed by atoms with Crippen molar-refractivity contribution in [3.63, 3.8) is 0 Å². The summed E-state index contributed by atoms with van der Waals surface area (Å²) in [7, 11) is 0. The molecular formula is C19H20FN3O3. The van der Waals surface area contributed by atoms with Gasteiger partial charge in [-0.2, -0.15) is 0 Å².